The maximum absolute atomic E-state index is 12.0. The normalized spacial score (nSPS) is 10.5. The topological polar surface area (TPSA) is 108 Å². The van der Waals surface area contributed by atoms with Gasteiger partial charge in [-0.3, -0.25) is 9.89 Å². The summed E-state index contributed by atoms with van der Waals surface area (Å²) in [5, 5.41) is 19.1. The number of H-pyrrole nitrogens is 1. The second-order valence-corrected chi connectivity index (χ2v) is 6.39. The molecule has 0 saturated heterocycles. The van der Waals surface area contributed by atoms with Crippen LogP contribution in [0.4, 0.5) is 5.69 Å². The number of aromatic carboxylic acids is 1. The lowest BCUT2D eigenvalue weighted by Gasteiger charge is -2.04. The van der Waals surface area contributed by atoms with Crippen molar-refractivity contribution in [3.63, 3.8) is 0 Å². The van der Waals surface area contributed by atoms with Crippen molar-refractivity contribution in [1.82, 2.24) is 15.2 Å². The van der Waals surface area contributed by atoms with E-state index in [1.807, 2.05) is 30.3 Å². The summed E-state index contributed by atoms with van der Waals surface area (Å²) in [6, 6.07) is 16.0. The third-order valence-electron chi connectivity index (χ3n) is 3.45. The van der Waals surface area contributed by atoms with Crippen molar-refractivity contribution >= 4 is 29.3 Å². The number of aromatic nitrogens is 3. The quantitative estimate of drug-likeness (QED) is 0.554. The molecule has 2 aromatic carbocycles. The second kappa shape index (κ2) is 8.30. The molecule has 132 valence electrons. The fraction of sp³-hybridized carbons (Fsp3) is 0.111. The number of carbonyl (C=O) groups is 2. The first-order valence-corrected chi connectivity index (χ1v) is 8.80. The van der Waals surface area contributed by atoms with Gasteiger partial charge in [0.15, 0.2) is 0 Å². The highest BCUT2D eigenvalue weighted by Gasteiger charge is 2.10. The molecule has 0 fully saturated rings. The minimum Gasteiger partial charge on any atom is -0.478 e. The standard InChI is InChI=1S/C18H16N4O3S/c23-16(19-14-8-4-7-13(10-14)17(24)25)11-26-18-20-15(21-22-18)9-12-5-2-1-3-6-12/h1-8,10H,9,11H2,(H,19,23)(H,24,25)(H,20,21,22). The van der Waals surface area contributed by atoms with Gasteiger partial charge in [0, 0.05) is 12.1 Å². The van der Waals surface area contributed by atoms with E-state index < -0.39 is 5.97 Å². The van der Waals surface area contributed by atoms with Crippen molar-refractivity contribution in [2.75, 3.05) is 11.1 Å². The number of carbonyl (C=O) groups excluding carboxylic acids is 1. The summed E-state index contributed by atoms with van der Waals surface area (Å²) >= 11 is 1.21. The molecule has 0 aliphatic heterocycles. The number of hydrogen-bond donors (Lipinski definition) is 3. The van der Waals surface area contributed by atoms with E-state index in [0.717, 1.165) is 11.4 Å². The minimum absolute atomic E-state index is 0.120. The summed E-state index contributed by atoms with van der Waals surface area (Å²) in [5.41, 5.74) is 1.68. The van der Waals surface area contributed by atoms with Crippen LogP contribution in [0.1, 0.15) is 21.7 Å². The van der Waals surface area contributed by atoms with Crippen LogP contribution in [0.3, 0.4) is 0 Å². The molecule has 26 heavy (non-hydrogen) atoms. The first-order valence-electron chi connectivity index (χ1n) is 7.81. The molecule has 8 heteroatoms. The number of carboxylic acids is 1. The Morgan fingerprint density at radius 2 is 1.92 bits per heavy atom. The molecule has 1 heterocycles. The maximum Gasteiger partial charge on any atom is 0.335 e. The number of aromatic amines is 1. The molecule has 0 unspecified atom stereocenters. The Morgan fingerprint density at radius 1 is 1.12 bits per heavy atom. The molecule has 0 radical (unpaired) electrons. The molecule has 3 aromatic rings. The number of rotatable bonds is 7. The van der Waals surface area contributed by atoms with E-state index in [1.165, 1.54) is 23.9 Å². The molecule has 3 N–H and O–H groups in total. The van der Waals surface area contributed by atoms with Gasteiger partial charge in [-0.15, -0.1) is 5.10 Å². The van der Waals surface area contributed by atoms with Crippen LogP contribution in [0, 0.1) is 0 Å². The zero-order valence-electron chi connectivity index (χ0n) is 13.7. The smallest absolute Gasteiger partial charge is 0.335 e. The van der Waals surface area contributed by atoms with Crippen LogP contribution in [-0.4, -0.2) is 37.9 Å². The highest BCUT2D eigenvalue weighted by atomic mass is 32.2. The van der Waals surface area contributed by atoms with Gasteiger partial charge >= 0.3 is 5.97 Å². The van der Waals surface area contributed by atoms with E-state index in [4.69, 9.17) is 5.11 Å². The van der Waals surface area contributed by atoms with Crippen LogP contribution in [0.5, 0.6) is 0 Å². The van der Waals surface area contributed by atoms with Crippen molar-refractivity contribution < 1.29 is 14.7 Å². The van der Waals surface area contributed by atoms with Crippen LogP contribution >= 0.6 is 11.8 Å². The first kappa shape index (κ1) is 17.7. The molecule has 1 aromatic heterocycles. The van der Waals surface area contributed by atoms with Crippen LogP contribution in [0.15, 0.2) is 59.8 Å². The highest BCUT2D eigenvalue weighted by molar-refractivity contribution is 7.99. The molecule has 1 amide bonds. The van der Waals surface area contributed by atoms with Crippen molar-refractivity contribution in [2.24, 2.45) is 0 Å². The monoisotopic (exact) mass is 368 g/mol. The van der Waals surface area contributed by atoms with Crippen LogP contribution in [0.2, 0.25) is 0 Å². The molecule has 0 saturated carbocycles. The van der Waals surface area contributed by atoms with Gasteiger partial charge in [-0.1, -0.05) is 48.2 Å². The van der Waals surface area contributed by atoms with Gasteiger partial charge in [0.05, 0.1) is 11.3 Å². The highest BCUT2D eigenvalue weighted by Crippen LogP contribution is 2.16. The number of benzene rings is 2. The fourth-order valence-electron chi connectivity index (χ4n) is 2.27. The van der Waals surface area contributed by atoms with Gasteiger partial charge in [-0.25, -0.2) is 9.78 Å². The molecular weight excluding hydrogens is 352 g/mol. The Morgan fingerprint density at radius 3 is 2.69 bits per heavy atom. The van der Waals surface area contributed by atoms with Crippen LogP contribution < -0.4 is 5.32 Å². The van der Waals surface area contributed by atoms with Crippen LogP contribution in [-0.2, 0) is 11.2 Å². The first-order chi connectivity index (χ1) is 12.6. The Balaban J connectivity index is 1.52. The van der Waals surface area contributed by atoms with E-state index in [-0.39, 0.29) is 17.2 Å². The van der Waals surface area contributed by atoms with E-state index in [1.54, 1.807) is 12.1 Å². The van der Waals surface area contributed by atoms with Gasteiger partial charge in [-0.05, 0) is 23.8 Å². The van der Waals surface area contributed by atoms with E-state index in [9.17, 15) is 9.59 Å². The lowest BCUT2D eigenvalue weighted by Crippen LogP contribution is -2.14. The maximum atomic E-state index is 12.0. The molecule has 3 rings (SSSR count). The second-order valence-electron chi connectivity index (χ2n) is 5.45. The summed E-state index contributed by atoms with van der Waals surface area (Å²) in [4.78, 5) is 27.3. The summed E-state index contributed by atoms with van der Waals surface area (Å²) < 4.78 is 0. The number of hydrogen-bond acceptors (Lipinski definition) is 5. The molecule has 0 spiro atoms. The minimum atomic E-state index is -1.04. The molecule has 0 aliphatic carbocycles. The van der Waals surface area contributed by atoms with Crippen molar-refractivity contribution in [2.45, 2.75) is 11.6 Å². The van der Waals surface area contributed by atoms with Gasteiger partial charge < -0.3 is 10.4 Å². The lowest BCUT2D eigenvalue weighted by molar-refractivity contribution is -0.113. The third-order valence-corrected chi connectivity index (χ3v) is 4.30. The molecule has 0 atom stereocenters. The number of amides is 1. The molecule has 0 bridgehead atoms. The van der Waals surface area contributed by atoms with Crippen molar-refractivity contribution in [3.8, 4) is 0 Å². The average molecular weight is 368 g/mol. The van der Waals surface area contributed by atoms with Crippen molar-refractivity contribution in [3.05, 3.63) is 71.5 Å². The zero-order valence-corrected chi connectivity index (χ0v) is 14.5. The van der Waals surface area contributed by atoms with Gasteiger partial charge in [0.2, 0.25) is 11.1 Å². The number of nitrogens with one attached hydrogen (secondary N) is 2. The SMILES string of the molecule is O=C(CSc1n[nH]c(Cc2ccccc2)n1)Nc1cccc(C(=O)O)c1. The zero-order chi connectivity index (χ0) is 18.4. The predicted octanol–water partition coefficient (Wildman–Crippen LogP) is 2.82. The number of anilines is 1. The molecule has 7 nitrogen and oxygen atoms in total. The largest absolute Gasteiger partial charge is 0.478 e. The summed E-state index contributed by atoms with van der Waals surface area (Å²) in [5.74, 6) is -0.442. The Kier molecular flexibility index (Phi) is 5.65. The van der Waals surface area contributed by atoms with E-state index >= 15 is 0 Å². The Bertz CT molecular complexity index is 912. The predicted molar refractivity (Wildman–Crippen MR) is 98.4 cm³/mol. The van der Waals surface area contributed by atoms with Crippen LogP contribution in [0.25, 0.3) is 0 Å². The van der Waals surface area contributed by atoms with Gasteiger partial charge in [-0.2, -0.15) is 0 Å². The number of nitrogens with zero attached hydrogens (tertiary/aromatic N) is 2. The Hall–Kier alpha value is -3.13. The summed E-state index contributed by atoms with van der Waals surface area (Å²) in [6.07, 6.45) is 0.641. The lowest BCUT2D eigenvalue weighted by atomic mass is 10.1. The fourth-order valence-corrected chi connectivity index (χ4v) is 2.89. The average Bonchev–Trinajstić information content (AvgIpc) is 3.08. The number of thioether (sulfide) groups is 1. The molecule has 0 aliphatic rings. The third kappa shape index (κ3) is 4.93. The summed E-state index contributed by atoms with van der Waals surface area (Å²) in [6.45, 7) is 0. The van der Waals surface area contributed by atoms with Crippen molar-refractivity contribution in [1.29, 1.82) is 0 Å². The Labute approximate surface area is 153 Å². The summed E-state index contributed by atoms with van der Waals surface area (Å²) in [7, 11) is 0. The van der Waals surface area contributed by atoms with E-state index in [0.29, 0.717) is 17.3 Å². The number of carboxylic acid groups (broad SMARTS) is 1. The van der Waals surface area contributed by atoms with E-state index in [2.05, 4.69) is 20.5 Å². The van der Waals surface area contributed by atoms with Gasteiger partial charge in [0.1, 0.15) is 5.82 Å². The van der Waals surface area contributed by atoms with Gasteiger partial charge in [0.25, 0.3) is 0 Å². The molecular formula is C18H16N4O3S.